The van der Waals surface area contributed by atoms with Crippen molar-refractivity contribution in [2.75, 3.05) is 20.3 Å². The van der Waals surface area contributed by atoms with Gasteiger partial charge < -0.3 is 14.6 Å². The Morgan fingerprint density at radius 1 is 1.29 bits per heavy atom. The Balaban J connectivity index is 2.40. The van der Waals surface area contributed by atoms with E-state index < -0.39 is 0 Å². The lowest BCUT2D eigenvalue weighted by molar-refractivity contribution is 0.127. The first-order valence-corrected chi connectivity index (χ1v) is 6.72. The van der Waals surface area contributed by atoms with Gasteiger partial charge in [0, 0.05) is 31.6 Å². The van der Waals surface area contributed by atoms with Gasteiger partial charge in [-0.3, -0.25) is 0 Å². The second-order valence-electron chi connectivity index (χ2n) is 4.42. The van der Waals surface area contributed by atoms with Gasteiger partial charge in [-0.15, -0.1) is 0 Å². The van der Waals surface area contributed by atoms with Gasteiger partial charge in [0.1, 0.15) is 0 Å². The largest absolute Gasteiger partial charge is 0.380 e. The van der Waals surface area contributed by atoms with Crippen LogP contribution in [0.4, 0.5) is 0 Å². The molecule has 3 heteroatoms. The molecule has 0 fully saturated rings. The molecule has 3 nitrogen and oxygen atoms in total. The highest BCUT2D eigenvalue weighted by Crippen LogP contribution is 2.18. The summed E-state index contributed by atoms with van der Waals surface area (Å²) in [4.78, 5) is 0. The van der Waals surface area contributed by atoms with Crippen molar-refractivity contribution in [2.45, 2.75) is 45.7 Å². The van der Waals surface area contributed by atoms with Crippen LogP contribution in [-0.4, -0.2) is 24.8 Å². The maximum atomic E-state index is 5.49. The van der Waals surface area contributed by atoms with E-state index in [1.165, 1.54) is 18.4 Å². The summed E-state index contributed by atoms with van der Waals surface area (Å²) in [7, 11) is 2.03. The van der Waals surface area contributed by atoms with Crippen LogP contribution in [0, 0.1) is 0 Å². The number of ether oxygens (including phenoxy) is 1. The summed E-state index contributed by atoms with van der Waals surface area (Å²) >= 11 is 0. The summed E-state index contributed by atoms with van der Waals surface area (Å²) in [6, 6.07) is 2.69. The average Bonchev–Trinajstić information content (AvgIpc) is 2.80. The second-order valence-corrected chi connectivity index (χ2v) is 4.42. The molecule has 0 aliphatic carbocycles. The normalized spacial score (nSPS) is 12.9. The molecular formula is C14H26N2O. The molecule has 1 unspecified atom stereocenters. The van der Waals surface area contributed by atoms with Gasteiger partial charge in [0.15, 0.2) is 0 Å². The second kappa shape index (κ2) is 8.31. The molecule has 0 aliphatic rings. The number of hydrogen-bond donors (Lipinski definition) is 1. The van der Waals surface area contributed by atoms with E-state index in [2.05, 4.69) is 42.2 Å². The number of nitrogens with zero attached hydrogens (tertiary/aromatic N) is 1. The monoisotopic (exact) mass is 238 g/mol. The molecule has 1 N–H and O–H groups in total. The van der Waals surface area contributed by atoms with Gasteiger partial charge in [-0.05, 0) is 31.5 Å². The maximum absolute atomic E-state index is 5.49. The fourth-order valence-corrected chi connectivity index (χ4v) is 1.99. The van der Waals surface area contributed by atoms with E-state index in [-0.39, 0.29) is 0 Å². The summed E-state index contributed by atoms with van der Waals surface area (Å²) in [6.45, 7) is 6.97. The highest BCUT2D eigenvalue weighted by molar-refractivity contribution is 5.15. The highest BCUT2D eigenvalue weighted by Gasteiger charge is 2.08. The molecule has 0 spiro atoms. The summed E-state index contributed by atoms with van der Waals surface area (Å²) in [5, 5.41) is 3.36. The SMILES string of the molecule is CCCOCCn1ccc(C(CCC)NC)c1. The van der Waals surface area contributed by atoms with E-state index in [9.17, 15) is 0 Å². The minimum atomic E-state index is 0.484. The number of nitrogens with one attached hydrogen (secondary N) is 1. The minimum absolute atomic E-state index is 0.484. The van der Waals surface area contributed by atoms with Crippen molar-refractivity contribution in [3.63, 3.8) is 0 Å². The molecule has 0 aliphatic heterocycles. The highest BCUT2D eigenvalue weighted by atomic mass is 16.5. The van der Waals surface area contributed by atoms with E-state index in [1.807, 2.05) is 7.05 Å². The van der Waals surface area contributed by atoms with Gasteiger partial charge in [-0.2, -0.15) is 0 Å². The third kappa shape index (κ3) is 4.92. The predicted molar refractivity (Wildman–Crippen MR) is 72.3 cm³/mol. The van der Waals surface area contributed by atoms with Crippen LogP contribution in [0.25, 0.3) is 0 Å². The van der Waals surface area contributed by atoms with Gasteiger partial charge in [-0.25, -0.2) is 0 Å². The van der Waals surface area contributed by atoms with E-state index in [0.29, 0.717) is 6.04 Å². The average molecular weight is 238 g/mol. The molecule has 1 aromatic rings. The molecule has 1 heterocycles. The Labute approximate surface area is 105 Å². The quantitative estimate of drug-likeness (QED) is 0.669. The molecule has 98 valence electrons. The predicted octanol–water partition coefficient (Wildman–Crippen LogP) is 2.98. The minimum Gasteiger partial charge on any atom is -0.380 e. The zero-order valence-corrected chi connectivity index (χ0v) is 11.4. The Hall–Kier alpha value is -0.800. The fraction of sp³-hybridized carbons (Fsp3) is 0.714. The molecule has 0 radical (unpaired) electrons. The van der Waals surface area contributed by atoms with Gasteiger partial charge in [0.05, 0.1) is 6.61 Å². The van der Waals surface area contributed by atoms with Crippen LogP contribution in [0.15, 0.2) is 18.5 Å². The van der Waals surface area contributed by atoms with Gasteiger partial charge in [0.2, 0.25) is 0 Å². The lowest BCUT2D eigenvalue weighted by atomic mass is 10.1. The molecule has 0 aromatic carbocycles. The van der Waals surface area contributed by atoms with Gasteiger partial charge in [-0.1, -0.05) is 20.3 Å². The third-order valence-electron chi connectivity index (χ3n) is 2.94. The Morgan fingerprint density at radius 3 is 2.76 bits per heavy atom. The van der Waals surface area contributed by atoms with Crippen LogP contribution >= 0.6 is 0 Å². The topological polar surface area (TPSA) is 26.2 Å². The van der Waals surface area contributed by atoms with Crippen molar-refractivity contribution in [1.29, 1.82) is 0 Å². The maximum Gasteiger partial charge on any atom is 0.0645 e. The van der Waals surface area contributed by atoms with Crippen LogP contribution in [-0.2, 0) is 11.3 Å². The number of rotatable bonds is 9. The van der Waals surface area contributed by atoms with Crippen LogP contribution in [0.2, 0.25) is 0 Å². The number of aromatic nitrogens is 1. The first-order chi connectivity index (χ1) is 8.31. The molecule has 0 bridgehead atoms. The van der Waals surface area contributed by atoms with Crippen molar-refractivity contribution < 1.29 is 4.74 Å². The van der Waals surface area contributed by atoms with E-state index in [0.717, 1.165) is 26.2 Å². The van der Waals surface area contributed by atoms with E-state index >= 15 is 0 Å². The van der Waals surface area contributed by atoms with Crippen LogP contribution < -0.4 is 5.32 Å². The van der Waals surface area contributed by atoms with Crippen molar-refractivity contribution in [3.05, 3.63) is 24.0 Å². The van der Waals surface area contributed by atoms with Crippen molar-refractivity contribution in [1.82, 2.24) is 9.88 Å². The molecule has 0 saturated carbocycles. The molecule has 0 amide bonds. The molecule has 0 saturated heterocycles. The smallest absolute Gasteiger partial charge is 0.0645 e. The van der Waals surface area contributed by atoms with Crippen molar-refractivity contribution in [2.24, 2.45) is 0 Å². The van der Waals surface area contributed by atoms with Gasteiger partial charge in [0.25, 0.3) is 0 Å². The standard InChI is InChI=1S/C14H26N2O/c1-4-6-14(15-3)13-7-8-16(12-13)9-11-17-10-5-2/h7-8,12,14-15H,4-6,9-11H2,1-3H3. The van der Waals surface area contributed by atoms with Crippen molar-refractivity contribution >= 4 is 0 Å². The van der Waals surface area contributed by atoms with E-state index in [1.54, 1.807) is 0 Å². The summed E-state index contributed by atoms with van der Waals surface area (Å²) < 4.78 is 7.71. The zero-order valence-electron chi connectivity index (χ0n) is 11.4. The van der Waals surface area contributed by atoms with Crippen LogP contribution in [0.1, 0.15) is 44.7 Å². The lowest BCUT2D eigenvalue weighted by Crippen LogP contribution is -2.15. The number of hydrogen-bond acceptors (Lipinski definition) is 2. The third-order valence-corrected chi connectivity index (χ3v) is 2.94. The Kier molecular flexibility index (Phi) is 6.97. The summed E-state index contributed by atoms with van der Waals surface area (Å²) in [5.74, 6) is 0. The van der Waals surface area contributed by atoms with Crippen LogP contribution in [0.5, 0.6) is 0 Å². The molecule has 1 rings (SSSR count). The van der Waals surface area contributed by atoms with Crippen molar-refractivity contribution in [3.8, 4) is 0 Å². The van der Waals surface area contributed by atoms with E-state index in [4.69, 9.17) is 4.74 Å². The first-order valence-electron chi connectivity index (χ1n) is 6.72. The molecule has 17 heavy (non-hydrogen) atoms. The fourth-order valence-electron chi connectivity index (χ4n) is 1.99. The van der Waals surface area contributed by atoms with Crippen LogP contribution in [0.3, 0.4) is 0 Å². The molecular weight excluding hydrogens is 212 g/mol. The summed E-state index contributed by atoms with van der Waals surface area (Å²) in [5.41, 5.74) is 1.38. The van der Waals surface area contributed by atoms with Gasteiger partial charge >= 0.3 is 0 Å². The lowest BCUT2D eigenvalue weighted by Gasteiger charge is -2.13. The Bertz CT molecular complexity index is 296. The molecule has 1 aromatic heterocycles. The molecule has 1 atom stereocenters. The Morgan fingerprint density at radius 2 is 2.12 bits per heavy atom. The first kappa shape index (κ1) is 14.3. The summed E-state index contributed by atoms with van der Waals surface area (Å²) in [6.07, 6.45) is 7.86. The zero-order chi connectivity index (χ0) is 12.5.